The highest BCUT2D eigenvalue weighted by atomic mass is 15.1. The van der Waals surface area contributed by atoms with Gasteiger partial charge in [-0.3, -0.25) is 4.90 Å². The number of nitrogens with zero attached hydrogens (tertiary/aromatic N) is 2. The fourth-order valence-electron chi connectivity index (χ4n) is 2.16. The molecule has 1 aromatic carbocycles. The van der Waals surface area contributed by atoms with Gasteiger partial charge in [-0.25, -0.2) is 0 Å². The molecule has 0 N–H and O–H groups in total. The molecule has 1 aromatic rings. The largest absolute Gasteiger partial charge is 0.299 e. The van der Waals surface area contributed by atoms with Gasteiger partial charge in [0.25, 0.3) is 0 Å². The Kier molecular flexibility index (Phi) is 6.46. The van der Waals surface area contributed by atoms with Crippen molar-refractivity contribution in [3.63, 3.8) is 0 Å². The molecule has 0 spiro atoms. The van der Waals surface area contributed by atoms with Crippen molar-refractivity contribution in [3.8, 4) is 6.07 Å². The first-order chi connectivity index (χ1) is 8.73. The van der Waals surface area contributed by atoms with Crippen LogP contribution in [0.15, 0.2) is 24.3 Å². The molecule has 2 nitrogen and oxygen atoms in total. The van der Waals surface area contributed by atoms with Crippen LogP contribution in [0.5, 0.6) is 0 Å². The smallest absolute Gasteiger partial charge is 0.0991 e. The minimum atomic E-state index is 0.738. The van der Waals surface area contributed by atoms with E-state index in [1.165, 1.54) is 24.9 Å². The molecule has 0 aliphatic carbocycles. The van der Waals surface area contributed by atoms with E-state index in [-0.39, 0.29) is 0 Å². The van der Waals surface area contributed by atoms with Crippen molar-refractivity contribution in [1.29, 1.82) is 5.26 Å². The monoisotopic (exact) mass is 244 g/mol. The van der Waals surface area contributed by atoms with Crippen LogP contribution in [0.4, 0.5) is 0 Å². The number of rotatable bonds is 7. The van der Waals surface area contributed by atoms with E-state index in [0.717, 1.165) is 24.6 Å². The molecule has 98 valence electrons. The molecular formula is C16H24N2. The highest BCUT2D eigenvalue weighted by Crippen LogP contribution is 2.13. The van der Waals surface area contributed by atoms with Gasteiger partial charge in [-0.05, 0) is 30.2 Å². The molecule has 0 atom stereocenters. The lowest BCUT2D eigenvalue weighted by molar-refractivity contribution is 0.226. The first kappa shape index (κ1) is 14.7. The van der Waals surface area contributed by atoms with Crippen LogP contribution in [0.3, 0.4) is 0 Å². The number of benzene rings is 1. The molecule has 0 amide bonds. The lowest BCUT2D eigenvalue weighted by Crippen LogP contribution is -2.28. The molecule has 0 aliphatic rings. The van der Waals surface area contributed by atoms with Crippen LogP contribution < -0.4 is 0 Å². The summed E-state index contributed by atoms with van der Waals surface area (Å²) in [5.74, 6) is 0.795. The fraction of sp³-hybridized carbons (Fsp3) is 0.562. The third kappa shape index (κ3) is 4.50. The quantitative estimate of drug-likeness (QED) is 0.729. The van der Waals surface area contributed by atoms with Crippen molar-refractivity contribution in [1.82, 2.24) is 4.90 Å². The summed E-state index contributed by atoms with van der Waals surface area (Å²) >= 11 is 0. The van der Waals surface area contributed by atoms with Gasteiger partial charge >= 0.3 is 0 Å². The summed E-state index contributed by atoms with van der Waals surface area (Å²) in [7, 11) is 0. The lowest BCUT2D eigenvalue weighted by Gasteiger charge is -2.25. The topological polar surface area (TPSA) is 27.0 Å². The summed E-state index contributed by atoms with van der Waals surface area (Å²) in [5, 5.41) is 8.78. The Bertz CT molecular complexity index is 371. The molecule has 18 heavy (non-hydrogen) atoms. The summed E-state index contributed by atoms with van der Waals surface area (Å²) in [6.07, 6.45) is 2.50. The highest BCUT2D eigenvalue weighted by Gasteiger charge is 2.10. The van der Waals surface area contributed by atoms with Gasteiger partial charge in [0.15, 0.2) is 0 Å². The van der Waals surface area contributed by atoms with Crippen LogP contribution >= 0.6 is 0 Å². The molecule has 0 unspecified atom stereocenters. The molecule has 0 bridgehead atoms. The number of hydrogen-bond donors (Lipinski definition) is 0. The average molecular weight is 244 g/mol. The highest BCUT2D eigenvalue weighted by molar-refractivity contribution is 5.31. The molecule has 0 saturated heterocycles. The van der Waals surface area contributed by atoms with Crippen molar-refractivity contribution in [2.24, 2.45) is 5.92 Å². The maximum Gasteiger partial charge on any atom is 0.0991 e. The predicted octanol–water partition coefficient (Wildman–Crippen LogP) is 3.82. The fourth-order valence-corrected chi connectivity index (χ4v) is 2.16. The molecule has 1 rings (SSSR count). The average Bonchev–Trinajstić information content (AvgIpc) is 2.44. The van der Waals surface area contributed by atoms with Crippen LogP contribution in [-0.4, -0.2) is 18.0 Å². The van der Waals surface area contributed by atoms with E-state index in [1.54, 1.807) is 0 Å². The van der Waals surface area contributed by atoms with Crippen LogP contribution in [0.25, 0.3) is 0 Å². The van der Waals surface area contributed by atoms with Crippen molar-refractivity contribution in [3.05, 3.63) is 35.4 Å². The van der Waals surface area contributed by atoms with Gasteiger partial charge in [0.05, 0.1) is 11.6 Å². The second-order valence-electron chi connectivity index (χ2n) is 4.82. The molecule has 2 heteroatoms. The van der Waals surface area contributed by atoms with Gasteiger partial charge in [-0.15, -0.1) is 0 Å². The van der Waals surface area contributed by atoms with Gasteiger partial charge in [-0.1, -0.05) is 45.7 Å². The van der Waals surface area contributed by atoms with Crippen molar-refractivity contribution >= 4 is 0 Å². The van der Waals surface area contributed by atoms with Gasteiger partial charge in [0.2, 0.25) is 0 Å². The van der Waals surface area contributed by atoms with E-state index in [2.05, 4.69) is 43.9 Å². The molecule has 0 fully saturated rings. The first-order valence-corrected chi connectivity index (χ1v) is 6.94. The van der Waals surface area contributed by atoms with Crippen LogP contribution in [0.2, 0.25) is 0 Å². The summed E-state index contributed by atoms with van der Waals surface area (Å²) in [4.78, 5) is 2.49. The second-order valence-corrected chi connectivity index (χ2v) is 4.82. The van der Waals surface area contributed by atoms with Crippen LogP contribution in [0.1, 0.15) is 44.7 Å². The molecule has 0 aliphatic heterocycles. The SMILES string of the molecule is CCC(CC)CN(CC)Cc1ccc(C#N)cc1. The van der Waals surface area contributed by atoms with Gasteiger partial charge in [0, 0.05) is 13.1 Å². The molecule has 0 heterocycles. The third-order valence-electron chi connectivity index (χ3n) is 3.61. The Balaban J connectivity index is 2.59. The summed E-state index contributed by atoms with van der Waals surface area (Å²) < 4.78 is 0. The molecular weight excluding hydrogens is 220 g/mol. The molecule has 0 saturated carbocycles. The van der Waals surface area contributed by atoms with Crippen LogP contribution in [0, 0.1) is 17.2 Å². The maximum absolute atomic E-state index is 8.78. The van der Waals surface area contributed by atoms with E-state index in [1.807, 2.05) is 12.1 Å². The van der Waals surface area contributed by atoms with E-state index in [9.17, 15) is 0 Å². The molecule has 0 radical (unpaired) electrons. The van der Waals surface area contributed by atoms with E-state index < -0.39 is 0 Å². The minimum absolute atomic E-state index is 0.738. The van der Waals surface area contributed by atoms with Gasteiger partial charge in [-0.2, -0.15) is 5.26 Å². The van der Waals surface area contributed by atoms with Crippen molar-refractivity contribution in [2.45, 2.75) is 40.2 Å². The van der Waals surface area contributed by atoms with Crippen molar-refractivity contribution < 1.29 is 0 Å². The lowest BCUT2D eigenvalue weighted by atomic mass is 10.0. The Morgan fingerprint density at radius 1 is 1.11 bits per heavy atom. The number of hydrogen-bond acceptors (Lipinski definition) is 2. The zero-order valence-corrected chi connectivity index (χ0v) is 11.8. The van der Waals surface area contributed by atoms with Crippen LogP contribution in [-0.2, 0) is 6.54 Å². The Morgan fingerprint density at radius 2 is 1.72 bits per heavy atom. The zero-order valence-electron chi connectivity index (χ0n) is 11.8. The standard InChI is InChI=1S/C16H24N2/c1-4-14(5-2)12-18(6-3)13-16-9-7-15(11-17)8-10-16/h7-10,14H,4-6,12-13H2,1-3H3. The Hall–Kier alpha value is -1.33. The van der Waals surface area contributed by atoms with E-state index in [4.69, 9.17) is 5.26 Å². The predicted molar refractivity (Wildman–Crippen MR) is 76.2 cm³/mol. The number of nitriles is 1. The third-order valence-corrected chi connectivity index (χ3v) is 3.61. The normalized spacial score (nSPS) is 10.9. The first-order valence-electron chi connectivity index (χ1n) is 6.94. The Morgan fingerprint density at radius 3 is 2.17 bits per heavy atom. The minimum Gasteiger partial charge on any atom is -0.299 e. The Labute approximate surface area is 111 Å². The summed E-state index contributed by atoms with van der Waals surface area (Å²) in [6, 6.07) is 10.1. The molecule has 0 aromatic heterocycles. The van der Waals surface area contributed by atoms with E-state index >= 15 is 0 Å². The van der Waals surface area contributed by atoms with Gasteiger partial charge < -0.3 is 0 Å². The summed E-state index contributed by atoms with van der Waals surface area (Å²) in [6.45, 7) is 9.98. The zero-order chi connectivity index (χ0) is 13.4. The van der Waals surface area contributed by atoms with E-state index in [0.29, 0.717) is 0 Å². The van der Waals surface area contributed by atoms with Gasteiger partial charge in [0.1, 0.15) is 0 Å². The second kappa shape index (κ2) is 7.89. The maximum atomic E-state index is 8.78. The summed E-state index contributed by atoms with van der Waals surface area (Å²) in [5.41, 5.74) is 2.03. The van der Waals surface area contributed by atoms with Crippen molar-refractivity contribution in [2.75, 3.05) is 13.1 Å².